The molecule has 3 saturated heterocycles. The highest BCUT2D eigenvalue weighted by molar-refractivity contribution is 5.88. The summed E-state index contributed by atoms with van der Waals surface area (Å²) in [5.41, 5.74) is -0.751. The summed E-state index contributed by atoms with van der Waals surface area (Å²) in [5, 5.41) is 0. The zero-order valence-corrected chi connectivity index (χ0v) is 55.4. The van der Waals surface area contributed by atoms with Crippen LogP contribution in [0.5, 0.6) is 0 Å². The van der Waals surface area contributed by atoms with Crippen LogP contribution in [0, 0.1) is 40.9 Å². The van der Waals surface area contributed by atoms with Crippen molar-refractivity contribution in [3.63, 3.8) is 0 Å². The van der Waals surface area contributed by atoms with E-state index in [0.717, 1.165) is 56.3 Å². The van der Waals surface area contributed by atoms with Crippen LogP contribution in [0.25, 0.3) is 0 Å². The van der Waals surface area contributed by atoms with Gasteiger partial charge in [-0.15, -0.1) is 0 Å². The summed E-state index contributed by atoms with van der Waals surface area (Å²) in [7, 11) is 0. The highest BCUT2D eigenvalue weighted by Gasteiger charge is 2.61. The maximum absolute atomic E-state index is 13.4. The zero-order valence-electron chi connectivity index (χ0n) is 55.4. The van der Waals surface area contributed by atoms with Crippen molar-refractivity contribution in [2.24, 2.45) is 40.9 Å². The minimum absolute atomic E-state index is 0.100. The standard InChI is InChI=1S/C28H42O8.C23H34O6.C17H28O6/c1-16(2)24(30)33-23-18-8-17-9-19(23)14-28(12-17,13-18)25(31)32-15-21-10-20(34-27(6,7)35-21)11-22(29)36-26(3,4)5;1-14(2)21(25)26-13-19-8-18(27-22(3,4)28-19)9-20(24)29-23-10-15-5-16(11-23)7-17(6-15)12-23;1-11(2)15(19)20-10-13-8-12(21-17(6,7)22-13)9-14(18)23-16(3,4)5/h17-21,23H,1,8-15H2,2-7H3;15-19H,1,5-13H2,2-4H3;12-13H,1,8-10H2,2-7H3. The maximum Gasteiger partial charge on any atom is 0.333 e. The molecule has 3 heterocycles. The number of esters is 7. The van der Waals surface area contributed by atoms with Gasteiger partial charge in [0.1, 0.15) is 42.7 Å². The molecule has 0 N–H and O–H groups in total. The SMILES string of the molecule is C=C(C)C(=O)OC1C2CC3CC1CC(C(=O)OCC1CC(CC(=O)OC(C)(C)C)OC(C)(C)O1)(C3)C2.C=C(C)C(=O)OCC1CC(CC(=O)OC(C)(C)C)OC(C)(C)O1.C=C(C)C(=O)OCC1CC(CC(=O)OC23CC4CC(CC(C4)C2)C3)OC(C)(C)O1. The topological polar surface area (TPSA) is 239 Å². The molecule has 11 rings (SSSR count). The Bertz CT molecular complexity index is 2530. The van der Waals surface area contributed by atoms with Crippen molar-refractivity contribution in [1.82, 2.24) is 0 Å². The molecule has 11 aliphatic rings. The second kappa shape index (κ2) is 28.0. The highest BCUT2D eigenvalue weighted by Crippen LogP contribution is 2.62. The second-order valence-corrected chi connectivity index (χ2v) is 30.5. The van der Waals surface area contributed by atoms with E-state index < -0.39 is 45.9 Å². The molecule has 3 aliphatic heterocycles. The smallest absolute Gasteiger partial charge is 0.333 e. The molecule has 0 amide bonds. The van der Waals surface area contributed by atoms with Crippen LogP contribution in [-0.4, -0.2) is 138 Å². The Labute approximate surface area is 522 Å². The van der Waals surface area contributed by atoms with Gasteiger partial charge in [-0.1, -0.05) is 19.7 Å². The first kappa shape index (κ1) is 70.7. The molecular formula is C68H104O20. The number of carbonyl (C=O) groups is 7. The largest absolute Gasteiger partial charge is 0.462 e. The van der Waals surface area contributed by atoms with Crippen LogP contribution in [-0.2, 0) is 95.1 Å². The van der Waals surface area contributed by atoms with Crippen LogP contribution >= 0.6 is 0 Å². The van der Waals surface area contributed by atoms with Gasteiger partial charge in [-0.3, -0.25) is 19.2 Å². The predicted molar refractivity (Wildman–Crippen MR) is 321 cm³/mol. The van der Waals surface area contributed by atoms with E-state index in [0.29, 0.717) is 54.7 Å². The van der Waals surface area contributed by atoms with Gasteiger partial charge in [-0.25, -0.2) is 14.4 Å². The lowest BCUT2D eigenvalue weighted by atomic mass is 9.48. The van der Waals surface area contributed by atoms with Gasteiger partial charge in [-0.05, 0) is 210 Å². The molecule has 8 bridgehead atoms. The highest BCUT2D eigenvalue weighted by atomic mass is 16.7. The summed E-state index contributed by atoms with van der Waals surface area (Å²) in [6.07, 6.45) is 10.9. The van der Waals surface area contributed by atoms with Crippen LogP contribution < -0.4 is 0 Å². The van der Waals surface area contributed by atoms with Crippen molar-refractivity contribution in [3.8, 4) is 0 Å². The summed E-state index contributed by atoms with van der Waals surface area (Å²) >= 11 is 0. The third-order valence-electron chi connectivity index (χ3n) is 17.7. The Morgan fingerprint density at radius 2 is 0.750 bits per heavy atom. The average Bonchev–Trinajstić information content (AvgIpc) is 0.799. The van der Waals surface area contributed by atoms with Crippen molar-refractivity contribution in [1.29, 1.82) is 0 Å². The van der Waals surface area contributed by atoms with E-state index in [-0.39, 0.29) is 129 Å². The van der Waals surface area contributed by atoms with E-state index in [1.165, 1.54) is 19.3 Å². The van der Waals surface area contributed by atoms with Crippen molar-refractivity contribution < 1.29 is 95.1 Å². The molecule has 8 aliphatic carbocycles. The van der Waals surface area contributed by atoms with Crippen LogP contribution in [0.4, 0.5) is 0 Å². The van der Waals surface area contributed by atoms with Gasteiger partial charge in [0.15, 0.2) is 17.4 Å². The summed E-state index contributed by atoms with van der Waals surface area (Å²) in [5.74, 6) is -1.79. The van der Waals surface area contributed by atoms with Crippen molar-refractivity contribution in [3.05, 3.63) is 36.5 Å². The van der Waals surface area contributed by atoms with E-state index in [9.17, 15) is 33.6 Å². The lowest BCUT2D eigenvalue weighted by Gasteiger charge is -2.57. The fraction of sp³-hybridized carbons (Fsp3) is 0.809. The second-order valence-electron chi connectivity index (χ2n) is 30.5. The predicted octanol–water partition coefficient (Wildman–Crippen LogP) is 11.2. The van der Waals surface area contributed by atoms with Crippen LogP contribution in [0.15, 0.2) is 36.5 Å². The number of carbonyl (C=O) groups excluding carboxylic acids is 7. The van der Waals surface area contributed by atoms with E-state index >= 15 is 0 Å². The van der Waals surface area contributed by atoms with E-state index in [4.69, 9.17) is 61.6 Å². The first-order valence-electron chi connectivity index (χ1n) is 32.1. The Morgan fingerprint density at radius 3 is 1.10 bits per heavy atom. The lowest BCUT2D eigenvalue weighted by Crippen LogP contribution is -2.58. The van der Waals surface area contributed by atoms with Gasteiger partial charge in [0.25, 0.3) is 0 Å². The molecule has 0 aromatic rings. The number of hydrogen-bond acceptors (Lipinski definition) is 20. The fourth-order valence-electron chi connectivity index (χ4n) is 15.7. The van der Waals surface area contributed by atoms with Crippen LogP contribution in [0.1, 0.15) is 213 Å². The van der Waals surface area contributed by atoms with Gasteiger partial charge in [0, 0.05) is 36.0 Å². The first-order valence-corrected chi connectivity index (χ1v) is 32.1. The molecule has 8 saturated carbocycles. The normalized spacial score (nSPS) is 34.4. The van der Waals surface area contributed by atoms with Gasteiger partial charge in [0.05, 0.1) is 61.3 Å². The monoisotopic (exact) mass is 1240 g/mol. The van der Waals surface area contributed by atoms with Gasteiger partial charge in [0.2, 0.25) is 0 Å². The first-order chi connectivity index (χ1) is 40.6. The molecule has 8 atom stereocenters. The van der Waals surface area contributed by atoms with Gasteiger partial charge < -0.3 is 61.6 Å². The third-order valence-corrected chi connectivity index (χ3v) is 17.7. The molecular weight excluding hydrogens is 1140 g/mol. The number of ether oxygens (including phenoxy) is 13. The van der Waals surface area contributed by atoms with Gasteiger partial charge in [-0.2, -0.15) is 0 Å². The number of rotatable bonds is 18. The van der Waals surface area contributed by atoms with E-state index in [2.05, 4.69) is 19.7 Å². The fourth-order valence-corrected chi connectivity index (χ4v) is 15.7. The minimum atomic E-state index is -0.900. The molecule has 8 unspecified atom stereocenters. The molecule has 0 aromatic carbocycles. The summed E-state index contributed by atoms with van der Waals surface area (Å²) in [6.45, 7) is 37.7. The van der Waals surface area contributed by atoms with Gasteiger partial charge >= 0.3 is 41.8 Å². The Kier molecular flexibility index (Phi) is 22.5. The maximum atomic E-state index is 13.4. The quantitative estimate of drug-likeness (QED) is 0.0704. The summed E-state index contributed by atoms with van der Waals surface area (Å²) in [4.78, 5) is 85.9. The molecule has 0 radical (unpaired) electrons. The Morgan fingerprint density at radius 1 is 0.420 bits per heavy atom. The van der Waals surface area contributed by atoms with E-state index in [1.807, 2.05) is 55.4 Å². The number of hydrogen-bond donors (Lipinski definition) is 0. The molecule has 496 valence electrons. The van der Waals surface area contributed by atoms with Crippen molar-refractivity contribution in [2.75, 3.05) is 19.8 Å². The molecule has 20 heteroatoms. The molecule has 0 aromatic heterocycles. The Hall–Kier alpha value is -4.73. The third kappa shape index (κ3) is 20.6. The van der Waals surface area contributed by atoms with Crippen LogP contribution in [0.3, 0.4) is 0 Å². The zero-order chi connectivity index (χ0) is 65.1. The molecule has 88 heavy (non-hydrogen) atoms. The van der Waals surface area contributed by atoms with Crippen molar-refractivity contribution in [2.45, 2.75) is 290 Å². The minimum Gasteiger partial charge on any atom is -0.462 e. The molecule has 20 nitrogen and oxygen atoms in total. The molecule has 11 fully saturated rings. The van der Waals surface area contributed by atoms with E-state index in [1.54, 1.807) is 48.5 Å². The van der Waals surface area contributed by atoms with Crippen LogP contribution in [0.2, 0.25) is 0 Å². The summed E-state index contributed by atoms with van der Waals surface area (Å²) < 4.78 is 74.3. The summed E-state index contributed by atoms with van der Waals surface area (Å²) in [6, 6.07) is 0. The van der Waals surface area contributed by atoms with Crippen molar-refractivity contribution >= 4 is 41.8 Å². The Balaban J connectivity index is 0.000000193. The molecule has 0 spiro atoms. The lowest BCUT2D eigenvalue weighted by molar-refractivity contribution is -0.305. The average molecular weight is 1240 g/mol.